The topological polar surface area (TPSA) is 46.5 Å². The van der Waals surface area contributed by atoms with E-state index in [1.807, 2.05) is 0 Å². The van der Waals surface area contributed by atoms with Gasteiger partial charge in [0.15, 0.2) is 0 Å². The largest absolute Gasteiger partial charge is 0.469 e. The van der Waals surface area contributed by atoms with Crippen molar-refractivity contribution in [2.75, 3.05) is 7.11 Å². The van der Waals surface area contributed by atoms with Crippen molar-refractivity contribution >= 4 is 5.97 Å². The van der Waals surface area contributed by atoms with Gasteiger partial charge in [-0.1, -0.05) is 32.4 Å². The number of rotatable bonds is 4. The molecule has 3 nitrogen and oxygen atoms in total. The number of hydrogen-bond acceptors (Lipinski definition) is 3. The maximum Gasteiger partial charge on any atom is 0.305 e. The molecule has 0 saturated heterocycles. The minimum atomic E-state index is -0.0735. The minimum absolute atomic E-state index is 0.0666. The van der Waals surface area contributed by atoms with Crippen LogP contribution in [-0.2, 0) is 9.53 Å². The smallest absolute Gasteiger partial charge is 0.305 e. The van der Waals surface area contributed by atoms with Gasteiger partial charge in [0, 0.05) is 6.42 Å². The number of hydrogen-bond donors (Lipinski definition) is 1. The minimum Gasteiger partial charge on any atom is -0.469 e. The van der Waals surface area contributed by atoms with Gasteiger partial charge in [-0.3, -0.25) is 4.79 Å². The summed E-state index contributed by atoms with van der Waals surface area (Å²) in [6.45, 7) is 7.42. The Morgan fingerprint density at radius 3 is 2.79 bits per heavy atom. The van der Waals surface area contributed by atoms with Crippen LogP contribution in [0.3, 0.4) is 0 Å². The Kier molecular flexibility index (Phi) is 5.44. The maximum absolute atomic E-state index is 11.6. The van der Waals surface area contributed by atoms with E-state index in [2.05, 4.69) is 26.8 Å². The molecule has 0 aromatic rings. The zero-order valence-corrected chi connectivity index (χ0v) is 18.4. The van der Waals surface area contributed by atoms with Gasteiger partial charge < -0.3 is 9.84 Å². The fourth-order valence-electron chi connectivity index (χ4n) is 8.13. The van der Waals surface area contributed by atoms with Crippen LogP contribution < -0.4 is 0 Å². The number of aliphatic hydroxyl groups excluding tert-OH is 1. The molecular weight excluding hydrogens is 348 g/mol. The Morgan fingerprint density at radius 1 is 1.25 bits per heavy atom. The molecule has 0 spiro atoms. The number of carbonyl (C=O) groups is 1. The van der Waals surface area contributed by atoms with Crippen molar-refractivity contribution in [2.24, 2.45) is 40.4 Å². The third-order valence-electron chi connectivity index (χ3n) is 9.79. The summed E-state index contributed by atoms with van der Waals surface area (Å²) in [5, 5.41) is 10.2. The van der Waals surface area contributed by atoms with Crippen molar-refractivity contribution in [3.63, 3.8) is 0 Å². The van der Waals surface area contributed by atoms with Crippen LogP contribution in [0.2, 0.25) is 0 Å². The van der Waals surface area contributed by atoms with Crippen LogP contribution in [-0.4, -0.2) is 24.3 Å². The van der Waals surface area contributed by atoms with Crippen molar-refractivity contribution in [1.82, 2.24) is 0 Å². The van der Waals surface area contributed by atoms with Crippen LogP contribution in [0.4, 0.5) is 0 Å². The predicted octanol–water partition coefficient (Wildman–Crippen LogP) is 5.52. The normalized spacial score (nSPS) is 46.0. The average Bonchev–Trinajstić information content (AvgIpc) is 3.03. The van der Waals surface area contributed by atoms with E-state index >= 15 is 0 Å². The summed E-state index contributed by atoms with van der Waals surface area (Å²) in [4.78, 5) is 11.6. The van der Waals surface area contributed by atoms with Gasteiger partial charge in [0.05, 0.1) is 13.2 Å². The van der Waals surface area contributed by atoms with Crippen LogP contribution in [0.1, 0.15) is 85.0 Å². The molecule has 3 saturated carbocycles. The monoisotopic (exact) mass is 388 g/mol. The van der Waals surface area contributed by atoms with Crippen LogP contribution in [0.15, 0.2) is 11.6 Å². The Hall–Kier alpha value is -0.830. The molecule has 0 bridgehead atoms. The number of aliphatic hydroxyl groups is 1. The van der Waals surface area contributed by atoms with E-state index < -0.39 is 0 Å². The molecule has 4 aliphatic carbocycles. The van der Waals surface area contributed by atoms with E-state index in [0.29, 0.717) is 29.1 Å². The number of ether oxygens (including phenoxy) is 1. The molecule has 4 rings (SSSR count). The molecule has 28 heavy (non-hydrogen) atoms. The number of methoxy groups -OCH3 is 1. The third-order valence-corrected chi connectivity index (χ3v) is 9.79. The Morgan fingerprint density at radius 2 is 2.04 bits per heavy atom. The lowest BCUT2D eigenvalue weighted by atomic mass is 9.48. The lowest BCUT2D eigenvalue weighted by molar-refractivity contribution is -0.141. The quantitative estimate of drug-likeness (QED) is 0.510. The summed E-state index contributed by atoms with van der Waals surface area (Å²) in [7, 11) is 1.49. The average molecular weight is 389 g/mol. The molecule has 0 aliphatic heterocycles. The van der Waals surface area contributed by atoms with E-state index in [1.54, 1.807) is 5.57 Å². The molecular formula is C25H40O3. The fraction of sp³-hybridized carbons (Fsp3) is 0.880. The van der Waals surface area contributed by atoms with Crippen LogP contribution in [0.5, 0.6) is 0 Å². The number of fused-ring (bicyclic) bond motifs is 5. The van der Waals surface area contributed by atoms with E-state index in [9.17, 15) is 9.90 Å². The van der Waals surface area contributed by atoms with Crippen LogP contribution in [0.25, 0.3) is 0 Å². The summed E-state index contributed by atoms with van der Waals surface area (Å²) in [5.41, 5.74) is 2.49. The molecule has 3 heteroatoms. The highest BCUT2D eigenvalue weighted by atomic mass is 16.5. The highest BCUT2D eigenvalue weighted by Gasteiger charge is 2.57. The number of esters is 1. The maximum atomic E-state index is 11.6. The fourth-order valence-corrected chi connectivity index (χ4v) is 8.13. The van der Waals surface area contributed by atoms with Crippen molar-refractivity contribution in [2.45, 2.75) is 91.1 Å². The molecule has 8 atom stereocenters. The molecule has 0 radical (unpaired) electrons. The summed E-state index contributed by atoms with van der Waals surface area (Å²) >= 11 is 0. The zero-order valence-electron chi connectivity index (χ0n) is 18.4. The SMILES string of the molecule is COC(=O)CCC(C)C1CCC2C3CC[C@@H]4C[C@@H](O)CC[C@]4(C)C3=CC[C@]12C. The van der Waals surface area contributed by atoms with Gasteiger partial charge in [0.1, 0.15) is 0 Å². The van der Waals surface area contributed by atoms with Gasteiger partial charge >= 0.3 is 5.97 Å². The predicted molar refractivity (Wildman–Crippen MR) is 112 cm³/mol. The van der Waals surface area contributed by atoms with E-state index in [0.717, 1.165) is 37.0 Å². The first-order chi connectivity index (χ1) is 13.3. The molecule has 0 heterocycles. The summed E-state index contributed by atoms with van der Waals surface area (Å²) in [6.07, 6.45) is 13.8. The lowest BCUT2D eigenvalue weighted by Crippen LogP contribution is -2.48. The molecule has 3 fully saturated rings. The molecule has 0 amide bonds. The summed E-state index contributed by atoms with van der Waals surface area (Å²) in [6, 6.07) is 0. The van der Waals surface area contributed by atoms with Crippen LogP contribution in [0, 0.1) is 40.4 Å². The first kappa shape index (κ1) is 20.4. The van der Waals surface area contributed by atoms with Gasteiger partial charge in [-0.15, -0.1) is 0 Å². The molecule has 158 valence electrons. The van der Waals surface area contributed by atoms with Crippen molar-refractivity contribution < 1.29 is 14.6 Å². The first-order valence-electron chi connectivity index (χ1n) is 11.7. The van der Waals surface area contributed by atoms with Crippen molar-refractivity contribution in [1.29, 1.82) is 0 Å². The second-order valence-corrected chi connectivity index (χ2v) is 11.0. The van der Waals surface area contributed by atoms with Gasteiger partial charge in [-0.25, -0.2) is 0 Å². The van der Waals surface area contributed by atoms with Crippen molar-refractivity contribution in [3.05, 3.63) is 11.6 Å². The highest BCUT2D eigenvalue weighted by Crippen LogP contribution is 2.66. The van der Waals surface area contributed by atoms with E-state index in [4.69, 9.17) is 4.74 Å². The Balaban J connectivity index is 1.53. The van der Waals surface area contributed by atoms with E-state index in [-0.39, 0.29) is 12.1 Å². The zero-order chi connectivity index (χ0) is 20.1. The molecule has 4 aliphatic rings. The number of allylic oxidation sites excluding steroid dienone is 2. The van der Waals surface area contributed by atoms with Gasteiger partial charge in [0.2, 0.25) is 0 Å². The lowest BCUT2D eigenvalue weighted by Gasteiger charge is -2.57. The molecule has 0 aromatic heterocycles. The summed E-state index contributed by atoms with van der Waals surface area (Å²) < 4.78 is 4.87. The highest BCUT2D eigenvalue weighted by molar-refractivity contribution is 5.69. The summed E-state index contributed by atoms with van der Waals surface area (Å²) in [5.74, 6) is 3.48. The van der Waals surface area contributed by atoms with Gasteiger partial charge in [0.25, 0.3) is 0 Å². The van der Waals surface area contributed by atoms with E-state index in [1.165, 1.54) is 45.6 Å². The van der Waals surface area contributed by atoms with Crippen molar-refractivity contribution in [3.8, 4) is 0 Å². The molecule has 1 N–H and O–H groups in total. The van der Waals surface area contributed by atoms with Gasteiger partial charge in [-0.2, -0.15) is 0 Å². The van der Waals surface area contributed by atoms with Crippen LogP contribution >= 0.6 is 0 Å². The Bertz CT molecular complexity index is 640. The number of carbonyl (C=O) groups excluding carboxylic acids is 1. The second kappa shape index (κ2) is 7.45. The second-order valence-electron chi connectivity index (χ2n) is 11.0. The first-order valence-corrected chi connectivity index (χ1v) is 11.7. The van der Waals surface area contributed by atoms with Gasteiger partial charge in [-0.05, 0) is 98.2 Å². The third kappa shape index (κ3) is 3.16. The molecule has 0 aromatic carbocycles. The Labute approximate surface area is 171 Å². The standard InChI is InChI=1S/C25H40O3/c1-16(5-10-23(27)28-4)20-8-9-21-19-7-6-17-15-18(26)11-13-24(17,2)22(19)12-14-25(20,21)3/h12,16-21,26H,5-11,13-15H2,1-4H3/t16?,17-,18+,19?,20?,21?,24+,25-/m1/s1. The molecule has 4 unspecified atom stereocenters.